The van der Waals surface area contributed by atoms with E-state index < -0.39 is 0 Å². The lowest BCUT2D eigenvalue weighted by atomic mass is 10.1. The zero-order valence-corrected chi connectivity index (χ0v) is 12.3. The third-order valence-corrected chi connectivity index (χ3v) is 2.96. The lowest BCUT2D eigenvalue weighted by Gasteiger charge is -2.18. The van der Waals surface area contributed by atoms with E-state index in [1.54, 1.807) is 6.08 Å². The van der Waals surface area contributed by atoms with E-state index in [1.165, 1.54) is 6.08 Å². The number of benzene rings is 1. The fourth-order valence-corrected chi connectivity index (χ4v) is 1.72. The standard InChI is InChI=1S/C16H23NO3/c1-4-20-15-8-6-5-7-13(15)9-10-16(19)17-14(11-18)12(2)3/h5-10,12,14,18H,4,11H2,1-3H3,(H,17,19). The van der Waals surface area contributed by atoms with Crippen molar-refractivity contribution in [2.45, 2.75) is 26.8 Å². The van der Waals surface area contributed by atoms with E-state index in [9.17, 15) is 9.90 Å². The second-order valence-corrected chi connectivity index (χ2v) is 4.85. The molecule has 0 aliphatic rings. The molecule has 0 aliphatic heterocycles. The van der Waals surface area contributed by atoms with Crippen molar-refractivity contribution in [3.63, 3.8) is 0 Å². The average Bonchev–Trinajstić information content (AvgIpc) is 2.43. The van der Waals surface area contributed by atoms with Crippen LogP contribution in [0.1, 0.15) is 26.3 Å². The lowest BCUT2D eigenvalue weighted by Crippen LogP contribution is -2.40. The van der Waals surface area contributed by atoms with Gasteiger partial charge in [0.2, 0.25) is 5.91 Å². The molecular formula is C16H23NO3. The smallest absolute Gasteiger partial charge is 0.244 e. The maximum atomic E-state index is 11.8. The molecule has 1 rings (SSSR count). The molecule has 4 nitrogen and oxygen atoms in total. The van der Waals surface area contributed by atoms with Crippen LogP contribution in [-0.4, -0.2) is 30.3 Å². The van der Waals surface area contributed by atoms with Gasteiger partial charge in [0.05, 0.1) is 19.3 Å². The molecule has 2 N–H and O–H groups in total. The van der Waals surface area contributed by atoms with Crippen LogP contribution in [0.25, 0.3) is 6.08 Å². The highest BCUT2D eigenvalue weighted by Gasteiger charge is 2.13. The normalized spacial score (nSPS) is 12.7. The van der Waals surface area contributed by atoms with Gasteiger partial charge < -0.3 is 15.2 Å². The SMILES string of the molecule is CCOc1ccccc1C=CC(=O)NC(CO)C(C)C. The topological polar surface area (TPSA) is 58.6 Å². The average molecular weight is 277 g/mol. The van der Waals surface area contributed by atoms with Gasteiger partial charge in [-0.05, 0) is 25.0 Å². The fourth-order valence-electron chi connectivity index (χ4n) is 1.72. The molecule has 1 aromatic carbocycles. The highest BCUT2D eigenvalue weighted by Crippen LogP contribution is 2.19. The van der Waals surface area contributed by atoms with Crippen LogP contribution in [0.15, 0.2) is 30.3 Å². The molecular weight excluding hydrogens is 254 g/mol. The Bertz CT molecular complexity index is 455. The zero-order chi connectivity index (χ0) is 15.0. The molecule has 0 aromatic heterocycles. The number of hydrogen-bond acceptors (Lipinski definition) is 3. The Morgan fingerprint density at radius 3 is 2.70 bits per heavy atom. The first-order chi connectivity index (χ1) is 9.58. The van der Waals surface area contributed by atoms with Crippen molar-refractivity contribution in [3.8, 4) is 5.75 Å². The molecule has 0 saturated heterocycles. The molecule has 1 atom stereocenters. The van der Waals surface area contributed by atoms with Crippen molar-refractivity contribution >= 4 is 12.0 Å². The van der Waals surface area contributed by atoms with Crippen LogP contribution in [0.5, 0.6) is 5.75 Å². The van der Waals surface area contributed by atoms with Gasteiger partial charge in [0.25, 0.3) is 0 Å². The molecule has 0 heterocycles. The Kier molecular flexibility index (Phi) is 6.81. The van der Waals surface area contributed by atoms with E-state index in [2.05, 4.69) is 5.32 Å². The highest BCUT2D eigenvalue weighted by molar-refractivity contribution is 5.92. The van der Waals surface area contributed by atoms with Gasteiger partial charge in [-0.25, -0.2) is 0 Å². The summed E-state index contributed by atoms with van der Waals surface area (Å²) < 4.78 is 5.49. The number of rotatable bonds is 7. The number of carbonyl (C=O) groups excluding carboxylic acids is 1. The molecule has 20 heavy (non-hydrogen) atoms. The van der Waals surface area contributed by atoms with Gasteiger partial charge in [-0.3, -0.25) is 4.79 Å². The van der Waals surface area contributed by atoms with Crippen molar-refractivity contribution in [3.05, 3.63) is 35.9 Å². The molecule has 0 bridgehead atoms. The maximum Gasteiger partial charge on any atom is 0.244 e. The summed E-state index contributed by atoms with van der Waals surface area (Å²) in [5.41, 5.74) is 0.856. The van der Waals surface area contributed by atoms with Gasteiger partial charge in [-0.15, -0.1) is 0 Å². The highest BCUT2D eigenvalue weighted by atomic mass is 16.5. The Morgan fingerprint density at radius 2 is 2.10 bits per heavy atom. The maximum absolute atomic E-state index is 11.8. The molecule has 0 spiro atoms. The second-order valence-electron chi connectivity index (χ2n) is 4.85. The summed E-state index contributed by atoms with van der Waals surface area (Å²) in [6.07, 6.45) is 3.18. The first-order valence-corrected chi connectivity index (χ1v) is 6.89. The van der Waals surface area contributed by atoms with E-state index >= 15 is 0 Å². The van der Waals surface area contributed by atoms with Crippen LogP contribution < -0.4 is 10.1 Å². The van der Waals surface area contributed by atoms with E-state index in [-0.39, 0.29) is 24.5 Å². The van der Waals surface area contributed by atoms with Gasteiger partial charge in [0.1, 0.15) is 5.75 Å². The quantitative estimate of drug-likeness (QED) is 0.751. The zero-order valence-electron chi connectivity index (χ0n) is 12.3. The Hall–Kier alpha value is -1.81. The van der Waals surface area contributed by atoms with Crippen LogP contribution >= 0.6 is 0 Å². The predicted molar refractivity (Wildman–Crippen MR) is 80.5 cm³/mol. The van der Waals surface area contributed by atoms with Crippen LogP contribution in [-0.2, 0) is 4.79 Å². The summed E-state index contributed by atoms with van der Waals surface area (Å²) in [6, 6.07) is 7.31. The number of amides is 1. The summed E-state index contributed by atoms with van der Waals surface area (Å²) in [7, 11) is 0. The van der Waals surface area contributed by atoms with Crippen molar-refractivity contribution < 1.29 is 14.6 Å². The van der Waals surface area contributed by atoms with Gasteiger partial charge in [-0.1, -0.05) is 32.0 Å². The molecule has 4 heteroatoms. The third kappa shape index (κ3) is 5.05. The Labute approximate surface area is 120 Å². The van der Waals surface area contributed by atoms with Gasteiger partial charge in [0, 0.05) is 11.6 Å². The summed E-state index contributed by atoms with van der Waals surface area (Å²) in [5.74, 6) is 0.721. The first kappa shape index (κ1) is 16.2. The molecule has 0 radical (unpaired) electrons. The summed E-state index contributed by atoms with van der Waals surface area (Å²) in [5, 5.41) is 12.0. The van der Waals surface area contributed by atoms with E-state index in [1.807, 2.05) is 45.0 Å². The minimum absolute atomic E-state index is 0.0627. The second kappa shape index (κ2) is 8.38. The third-order valence-electron chi connectivity index (χ3n) is 2.96. The monoisotopic (exact) mass is 277 g/mol. The number of para-hydroxylation sites is 1. The van der Waals surface area contributed by atoms with Gasteiger partial charge >= 0.3 is 0 Å². The molecule has 1 aromatic rings. The van der Waals surface area contributed by atoms with Crippen LogP contribution in [0.3, 0.4) is 0 Å². The van der Waals surface area contributed by atoms with Crippen molar-refractivity contribution in [2.75, 3.05) is 13.2 Å². The molecule has 0 saturated carbocycles. The van der Waals surface area contributed by atoms with E-state index in [4.69, 9.17) is 4.74 Å². The van der Waals surface area contributed by atoms with Gasteiger partial charge in [-0.2, -0.15) is 0 Å². The molecule has 0 fully saturated rings. The number of ether oxygens (including phenoxy) is 1. The minimum atomic E-state index is -0.228. The van der Waals surface area contributed by atoms with Gasteiger partial charge in [0.15, 0.2) is 0 Å². The fraction of sp³-hybridized carbons (Fsp3) is 0.438. The molecule has 0 aliphatic carbocycles. The van der Waals surface area contributed by atoms with Crippen LogP contribution in [0.4, 0.5) is 0 Å². The number of aliphatic hydroxyl groups is 1. The Balaban J connectivity index is 2.70. The number of aliphatic hydroxyl groups excluding tert-OH is 1. The molecule has 1 unspecified atom stereocenters. The minimum Gasteiger partial charge on any atom is -0.493 e. The number of nitrogens with one attached hydrogen (secondary N) is 1. The predicted octanol–water partition coefficient (Wildman–Crippen LogP) is 2.23. The van der Waals surface area contributed by atoms with Crippen LogP contribution in [0.2, 0.25) is 0 Å². The first-order valence-electron chi connectivity index (χ1n) is 6.89. The van der Waals surface area contributed by atoms with E-state index in [0.29, 0.717) is 6.61 Å². The summed E-state index contributed by atoms with van der Waals surface area (Å²) >= 11 is 0. The summed E-state index contributed by atoms with van der Waals surface area (Å²) in [4.78, 5) is 11.8. The largest absolute Gasteiger partial charge is 0.493 e. The number of carbonyl (C=O) groups is 1. The van der Waals surface area contributed by atoms with Crippen molar-refractivity contribution in [2.24, 2.45) is 5.92 Å². The molecule has 110 valence electrons. The number of hydrogen-bond donors (Lipinski definition) is 2. The van der Waals surface area contributed by atoms with Crippen molar-refractivity contribution in [1.82, 2.24) is 5.32 Å². The summed E-state index contributed by atoms with van der Waals surface area (Å²) in [6.45, 7) is 6.34. The Morgan fingerprint density at radius 1 is 1.40 bits per heavy atom. The van der Waals surface area contributed by atoms with E-state index in [0.717, 1.165) is 11.3 Å². The molecule has 1 amide bonds. The lowest BCUT2D eigenvalue weighted by molar-refractivity contribution is -0.117. The van der Waals surface area contributed by atoms with Crippen LogP contribution in [0, 0.1) is 5.92 Å². The van der Waals surface area contributed by atoms with Crippen molar-refractivity contribution in [1.29, 1.82) is 0 Å².